The second-order valence-electron chi connectivity index (χ2n) is 4.78. The number of benzene rings is 1. The van der Waals surface area contributed by atoms with Crippen LogP contribution in [0.4, 0.5) is 0 Å². The van der Waals surface area contributed by atoms with Gasteiger partial charge in [0.25, 0.3) is 5.91 Å². The minimum absolute atomic E-state index is 0.107. The lowest BCUT2D eigenvalue weighted by Crippen LogP contribution is -2.40. The number of nitrogens with zero attached hydrogens (tertiary/aromatic N) is 1. The molecule has 0 aromatic heterocycles. The third kappa shape index (κ3) is 3.71. The van der Waals surface area contributed by atoms with Crippen LogP contribution in [0.3, 0.4) is 0 Å². The van der Waals surface area contributed by atoms with Crippen LogP contribution >= 0.6 is 11.6 Å². The fraction of sp³-hybridized carbons (Fsp3) is 0.533. The third-order valence-electron chi connectivity index (χ3n) is 3.49. The van der Waals surface area contributed by atoms with Gasteiger partial charge < -0.3 is 9.64 Å². The summed E-state index contributed by atoms with van der Waals surface area (Å²) >= 11 is 5.74. The van der Waals surface area contributed by atoms with Crippen LogP contribution < -0.4 is 0 Å². The van der Waals surface area contributed by atoms with E-state index < -0.39 is 0 Å². The summed E-state index contributed by atoms with van der Waals surface area (Å²) in [5.41, 5.74) is 1.77. The van der Waals surface area contributed by atoms with Crippen molar-refractivity contribution >= 4 is 17.5 Å². The largest absolute Gasteiger partial charge is 0.378 e. The molecule has 1 aliphatic heterocycles. The summed E-state index contributed by atoms with van der Waals surface area (Å²) in [5, 5.41) is 0. The van der Waals surface area contributed by atoms with Crippen molar-refractivity contribution in [1.29, 1.82) is 0 Å². The first kappa shape index (κ1) is 14.4. The summed E-state index contributed by atoms with van der Waals surface area (Å²) in [5.74, 6) is 0.588. The van der Waals surface area contributed by atoms with Gasteiger partial charge in [-0.1, -0.05) is 12.1 Å². The van der Waals surface area contributed by atoms with E-state index >= 15 is 0 Å². The lowest BCUT2D eigenvalue weighted by atomic mass is 10.1. The number of hydrogen-bond acceptors (Lipinski definition) is 2. The molecule has 3 nitrogen and oxygen atoms in total. The van der Waals surface area contributed by atoms with Crippen molar-refractivity contribution in [2.24, 2.45) is 0 Å². The number of carbonyl (C=O) groups is 1. The summed E-state index contributed by atoms with van der Waals surface area (Å²) in [6.45, 7) is 4.32. The molecule has 0 bridgehead atoms. The van der Waals surface area contributed by atoms with Crippen molar-refractivity contribution < 1.29 is 9.53 Å². The van der Waals surface area contributed by atoms with Crippen LogP contribution in [-0.2, 0) is 10.6 Å². The number of piperidine rings is 1. The molecule has 1 saturated heterocycles. The Morgan fingerprint density at radius 1 is 1.32 bits per heavy atom. The molecule has 1 aromatic carbocycles. The Balaban J connectivity index is 1.93. The standard InChI is InChI=1S/C15H20ClNO2/c1-2-19-14-7-9-17(10-8-14)15(18)13-5-3-12(11-16)4-6-13/h3-6,14H,2,7-11H2,1H3. The Morgan fingerprint density at radius 3 is 2.47 bits per heavy atom. The highest BCUT2D eigenvalue weighted by molar-refractivity contribution is 6.17. The van der Waals surface area contributed by atoms with Gasteiger partial charge in [0.2, 0.25) is 0 Å². The first-order valence-corrected chi connectivity index (χ1v) is 7.33. The predicted octanol–water partition coefficient (Wildman–Crippen LogP) is 3.07. The van der Waals surface area contributed by atoms with Gasteiger partial charge in [0.15, 0.2) is 0 Å². The molecule has 0 atom stereocenters. The van der Waals surface area contributed by atoms with E-state index in [2.05, 4.69) is 0 Å². The lowest BCUT2D eigenvalue weighted by molar-refractivity contribution is 0.0146. The maximum absolute atomic E-state index is 12.3. The normalized spacial score (nSPS) is 16.6. The zero-order valence-corrected chi connectivity index (χ0v) is 12.0. The van der Waals surface area contributed by atoms with Crippen molar-refractivity contribution in [3.05, 3.63) is 35.4 Å². The Labute approximate surface area is 119 Å². The molecule has 4 heteroatoms. The molecule has 104 valence electrons. The van der Waals surface area contributed by atoms with Gasteiger partial charge in [0, 0.05) is 31.1 Å². The smallest absolute Gasteiger partial charge is 0.253 e. The summed E-state index contributed by atoms with van der Waals surface area (Å²) in [6.07, 6.45) is 2.17. The van der Waals surface area contributed by atoms with E-state index in [4.69, 9.17) is 16.3 Å². The zero-order valence-electron chi connectivity index (χ0n) is 11.3. The summed E-state index contributed by atoms with van der Waals surface area (Å²) < 4.78 is 5.59. The molecule has 1 heterocycles. The van der Waals surface area contributed by atoms with Gasteiger partial charge in [-0.15, -0.1) is 11.6 Å². The van der Waals surface area contributed by atoms with E-state index in [0.717, 1.165) is 43.7 Å². The quantitative estimate of drug-likeness (QED) is 0.794. The Morgan fingerprint density at radius 2 is 1.95 bits per heavy atom. The minimum atomic E-state index is 0.107. The molecule has 19 heavy (non-hydrogen) atoms. The van der Waals surface area contributed by atoms with Crippen molar-refractivity contribution in [2.45, 2.75) is 31.7 Å². The number of amides is 1. The Bertz CT molecular complexity index is 411. The van der Waals surface area contributed by atoms with Crippen molar-refractivity contribution in [3.8, 4) is 0 Å². The molecule has 0 N–H and O–H groups in total. The maximum Gasteiger partial charge on any atom is 0.253 e. The van der Waals surface area contributed by atoms with E-state index in [1.165, 1.54) is 0 Å². The monoisotopic (exact) mass is 281 g/mol. The van der Waals surface area contributed by atoms with Crippen LogP contribution in [0.15, 0.2) is 24.3 Å². The van der Waals surface area contributed by atoms with Gasteiger partial charge in [0.1, 0.15) is 0 Å². The van der Waals surface area contributed by atoms with Crippen molar-refractivity contribution in [1.82, 2.24) is 4.90 Å². The van der Waals surface area contributed by atoms with E-state index in [1.54, 1.807) is 0 Å². The highest BCUT2D eigenvalue weighted by Gasteiger charge is 2.23. The third-order valence-corrected chi connectivity index (χ3v) is 3.80. The SMILES string of the molecule is CCOC1CCN(C(=O)c2ccc(CCl)cc2)CC1. The van der Waals surface area contributed by atoms with Crippen LogP contribution in [0.1, 0.15) is 35.7 Å². The number of ether oxygens (including phenoxy) is 1. The number of likely N-dealkylation sites (tertiary alicyclic amines) is 1. The molecule has 1 fully saturated rings. The lowest BCUT2D eigenvalue weighted by Gasteiger charge is -2.31. The molecule has 1 amide bonds. The molecule has 0 aliphatic carbocycles. The summed E-state index contributed by atoms with van der Waals surface area (Å²) in [7, 11) is 0. The molecule has 1 aromatic rings. The molecular formula is C15H20ClNO2. The van der Waals surface area contributed by atoms with Crippen LogP contribution in [0, 0.1) is 0 Å². The van der Waals surface area contributed by atoms with Crippen LogP contribution in [0.5, 0.6) is 0 Å². The average Bonchev–Trinajstić information content (AvgIpc) is 2.48. The van der Waals surface area contributed by atoms with Gasteiger partial charge in [-0.05, 0) is 37.5 Å². The van der Waals surface area contributed by atoms with Gasteiger partial charge in [-0.25, -0.2) is 0 Å². The van der Waals surface area contributed by atoms with Crippen LogP contribution in [-0.4, -0.2) is 36.6 Å². The first-order valence-electron chi connectivity index (χ1n) is 6.80. The van der Waals surface area contributed by atoms with Crippen molar-refractivity contribution in [3.63, 3.8) is 0 Å². The molecule has 0 saturated carbocycles. The summed E-state index contributed by atoms with van der Waals surface area (Å²) in [6, 6.07) is 7.53. The second-order valence-corrected chi connectivity index (χ2v) is 5.04. The van der Waals surface area contributed by atoms with E-state index in [9.17, 15) is 4.79 Å². The molecule has 0 spiro atoms. The van der Waals surface area contributed by atoms with Gasteiger partial charge in [-0.3, -0.25) is 4.79 Å². The number of hydrogen-bond donors (Lipinski definition) is 0. The Kier molecular flexibility index (Phi) is 5.23. The number of carbonyl (C=O) groups excluding carboxylic acids is 1. The van der Waals surface area contributed by atoms with E-state index in [-0.39, 0.29) is 5.91 Å². The molecule has 2 rings (SSSR count). The zero-order chi connectivity index (χ0) is 13.7. The topological polar surface area (TPSA) is 29.5 Å². The van der Waals surface area contributed by atoms with Gasteiger partial charge in [0.05, 0.1) is 6.10 Å². The second kappa shape index (κ2) is 6.92. The fourth-order valence-corrected chi connectivity index (χ4v) is 2.56. The highest BCUT2D eigenvalue weighted by Crippen LogP contribution is 2.17. The fourth-order valence-electron chi connectivity index (χ4n) is 2.38. The highest BCUT2D eigenvalue weighted by atomic mass is 35.5. The average molecular weight is 282 g/mol. The molecule has 0 radical (unpaired) electrons. The summed E-state index contributed by atoms with van der Waals surface area (Å²) in [4.78, 5) is 14.2. The van der Waals surface area contributed by atoms with Crippen LogP contribution in [0.25, 0.3) is 0 Å². The van der Waals surface area contributed by atoms with Crippen LogP contribution in [0.2, 0.25) is 0 Å². The van der Waals surface area contributed by atoms with E-state index in [1.807, 2.05) is 36.1 Å². The van der Waals surface area contributed by atoms with E-state index in [0.29, 0.717) is 12.0 Å². The minimum Gasteiger partial charge on any atom is -0.378 e. The molecule has 1 aliphatic rings. The number of halogens is 1. The molecular weight excluding hydrogens is 262 g/mol. The Hall–Kier alpha value is -1.06. The number of rotatable bonds is 4. The maximum atomic E-state index is 12.3. The van der Waals surface area contributed by atoms with Gasteiger partial charge >= 0.3 is 0 Å². The van der Waals surface area contributed by atoms with Gasteiger partial charge in [-0.2, -0.15) is 0 Å². The predicted molar refractivity (Wildman–Crippen MR) is 76.6 cm³/mol. The first-order chi connectivity index (χ1) is 9.24. The molecule has 0 unspecified atom stereocenters. The number of alkyl halides is 1. The van der Waals surface area contributed by atoms with Crippen molar-refractivity contribution in [2.75, 3.05) is 19.7 Å².